The quantitative estimate of drug-likeness (QED) is 0.342. The van der Waals surface area contributed by atoms with Crippen molar-refractivity contribution in [2.24, 2.45) is 5.16 Å². The van der Waals surface area contributed by atoms with Crippen molar-refractivity contribution in [2.75, 3.05) is 6.61 Å². The molecule has 5 nitrogen and oxygen atoms in total. The molecule has 0 bridgehead atoms. The Morgan fingerprint density at radius 2 is 2.00 bits per heavy atom. The number of ether oxygens (including phenoxy) is 1. The number of hydrogen-bond acceptors (Lipinski definition) is 4. The van der Waals surface area contributed by atoms with Gasteiger partial charge < -0.3 is 15.1 Å². The molecule has 0 atom stereocenters. The third-order valence-corrected chi connectivity index (χ3v) is 1.76. The second-order valence-corrected chi connectivity index (χ2v) is 2.69. The lowest BCUT2D eigenvalue weighted by Gasteiger charge is -2.07. The van der Waals surface area contributed by atoms with Gasteiger partial charge in [0.25, 0.3) is 5.90 Å². The van der Waals surface area contributed by atoms with Crippen LogP contribution in [0.15, 0.2) is 29.4 Å². The monoisotopic (exact) mass is 209 g/mol. The minimum atomic E-state index is -1.09. The van der Waals surface area contributed by atoms with E-state index in [1.165, 1.54) is 12.1 Å². The number of oxime groups is 1. The topological polar surface area (TPSA) is 79.1 Å². The molecule has 0 saturated carbocycles. The SMILES string of the molecule is CCOC(=NO)c1ccccc1C(=O)O. The minimum absolute atomic E-state index is 0.0405. The maximum absolute atomic E-state index is 10.9. The highest BCUT2D eigenvalue weighted by molar-refractivity contribution is 6.04. The van der Waals surface area contributed by atoms with E-state index in [9.17, 15) is 4.79 Å². The second kappa shape index (κ2) is 4.99. The van der Waals surface area contributed by atoms with Gasteiger partial charge in [0.05, 0.1) is 17.7 Å². The Labute approximate surface area is 86.6 Å². The van der Waals surface area contributed by atoms with E-state index in [-0.39, 0.29) is 17.0 Å². The molecule has 0 radical (unpaired) electrons. The van der Waals surface area contributed by atoms with Crippen LogP contribution in [0, 0.1) is 0 Å². The maximum Gasteiger partial charge on any atom is 0.336 e. The Morgan fingerprint density at radius 1 is 1.40 bits per heavy atom. The summed E-state index contributed by atoms with van der Waals surface area (Å²) >= 11 is 0. The first-order valence-corrected chi connectivity index (χ1v) is 4.38. The highest BCUT2D eigenvalue weighted by Gasteiger charge is 2.15. The number of carbonyl (C=O) groups is 1. The standard InChI is InChI=1S/C10H11NO4/c1-2-15-9(11-14)7-5-3-4-6-8(7)10(12)13/h3-6,14H,2H2,1H3,(H,12,13). The molecule has 2 N–H and O–H groups in total. The fraction of sp³-hybridized carbons (Fsp3) is 0.200. The summed E-state index contributed by atoms with van der Waals surface area (Å²) in [5.41, 5.74) is 0.299. The van der Waals surface area contributed by atoms with Crippen molar-refractivity contribution in [3.63, 3.8) is 0 Å². The molecule has 1 aromatic carbocycles. The van der Waals surface area contributed by atoms with Crippen LogP contribution in [0.25, 0.3) is 0 Å². The lowest BCUT2D eigenvalue weighted by molar-refractivity contribution is 0.0696. The van der Waals surface area contributed by atoms with Gasteiger partial charge in [-0.1, -0.05) is 12.1 Å². The Bertz CT molecular complexity index is 387. The summed E-state index contributed by atoms with van der Waals surface area (Å²) in [4.78, 5) is 10.9. The van der Waals surface area contributed by atoms with E-state index in [1.807, 2.05) is 0 Å². The Morgan fingerprint density at radius 3 is 2.47 bits per heavy atom. The average molecular weight is 209 g/mol. The fourth-order valence-corrected chi connectivity index (χ4v) is 1.15. The van der Waals surface area contributed by atoms with Gasteiger partial charge in [0.2, 0.25) is 0 Å². The van der Waals surface area contributed by atoms with E-state index in [1.54, 1.807) is 19.1 Å². The van der Waals surface area contributed by atoms with Crippen LogP contribution in [0.5, 0.6) is 0 Å². The average Bonchev–Trinajstić information content (AvgIpc) is 2.26. The van der Waals surface area contributed by atoms with Crippen molar-refractivity contribution in [1.82, 2.24) is 0 Å². The predicted octanol–water partition coefficient (Wildman–Crippen LogP) is 1.56. The molecule has 0 heterocycles. The highest BCUT2D eigenvalue weighted by atomic mass is 16.5. The lowest BCUT2D eigenvalue weighted by atomic mass is 10.1. The molecule has 0 spiro atoms. The van der Waals surface area contributed by atoms with E-state index >= 15 is 0 Å². The van der Waals surface area contributed by atoms with Gasteiger partial charge in [-0.25, -0.2) is 4.79 Å². The van der Waals surface area contributed by atoms with Crippen LogP contribution in [0.3, 0.4) is 0 Å². The number of carboxylic acid groups (broad SMARTS) is 1. The number of aromatic carboxylic acids is 1. The van der Waals surface area contributed by atoms with Crippen molar-refractivity contribution in [1.29, 1.82) is 0 Å². The van der Waals surface area contributed by atoms with Crippen LogP contribution in [-0.2, 0) is 4.74 Å². The molecule has 15 heavy (non-hydrogen) atoms. The summed E-state index contributed by atoms with van der Waals surface area (Å²) in [5, 5.41) is 20.5. The minimum Gasteiger partial charge on any atom is -0.478 e. The van der Waals surface area contributed by atoms with Crippen molar-refractivity contribution in [2.45, 2.75) is 6.92 Å². The van der Waals surface area contributed by atoms with Gasteiger partial charge in [0.1, 0.15) is 0 Å². The molecule has 0 aliphatic rings. The molecule has 0 aliphatic heterocycles. The first-order valence-electron chi connectivity index (χ1n) is 4.38. The third kappa shape index (κ3) is 2.46. The lowest BCUT2D eigenvalue weighted by Crippen LogP contribution is -2.12. The molecule has 1 aromatic rings. The summed E-state index contributed by atoms with van der Waals surface area (Å²) in [6, 6.07) is 6.18. The van der Waals surface area contributed by atoms with Gasteiger partial charge in [-0.15, -0.1) is 0 Å². The smallest absolute Gasteiger partial charge is 0.336 e. The van der Waals surface area contributed by atoms with Crippen LogP contribution >= 0.6 is 0 Å². The van der Waals surface area contributed by atoms with Crippen LogP contribution < -0.4 is 0 Å². The Kier molecular flexibility index (Phi) is 3.68. The van der Waals surface area contributed by atoms with Gasteiger partial charge in [-0.2, -0.15) is 0 Å². The zero-order valence-corrected chi connectivity index (χ0v) is 8.17. The molecule has 0 saturated heterocycles. The van der Waals surface area contributed by atoms with Gasteiger partial charge >= 0.3 is 5.97 Å². The fourth-order valence-electron chi connectivity index (χ4n) is 1.15. The van der Waals surface area contributed by atoms with Crippen molar-refractivity contribution in [3.05, 3.63) is 35.4 Å². The van der Waals surface area contributed by atoms with Gasteiger partial charge in [-0.3, -0.25) is 0 Å². The Balaban J connectivity index is 3.17. The first kappa shape index (κ1) is 11.0. The summed E-state index contributed by atoms with van der Waals surface area (Å²) in [5.74, 6) is -1.18. The number of hydrogen-bond donors (Lipinski definition) is 2. The van der Waals surface area contributed by atoms with Crippen LogP contribution in [0.1, 0.15) is 22.8 Å². The molecule has 0 unspecified atom stereocenters. The molecule has 0 amide bonds. The molecule has 0 aliphatic carbocycles. The maximum atomic E-state index is 10.9. The van der Waals surface area contributed by atoms with Gasteiger partial charge in [0, 0.05) is 0 Å². The van der Waals surface area contributed by atoms with E-state index in [2.05, 4.69) is 5.16 Å². The van der Waals surface area contributed by atoms with E-state index in [4.69, 9.17) is 15.1 Å². The summed E-state index contributed by atoms with van der Waals surface area (Å²) in [6.07, 6.45) is 0. The van der Waals surface area contributed by atoms with Crippen molar-refractivity contribution >= 4 is 11.9 Å². The molecule has 1 rings (SSSR count). The summed E-state index contributed by atoms with van der Waals surface area (Å²) in [6.45, 7) is 2.02. The molecule has 80 valence electrons. The van der Waals surface area contributed by atoms with Crippen molar-refractivity contribution < 1.29 is 19.8 Å². The predicted molar refractivity (Wildman–Crippen MR) is 53.4 cm³/mol. The normalized spacial score (nSPS) is 11.1. The third-order valence-electron chi connectivity index (χ3n) is 1.76. The van der Waals surface area contributed by atoms with Crippen molar-refractivity contribution in [3.8, 4) is 0 Å². The van der Waals surface area contributed by atoms with E-state index in [0.717, 1.165) is 0 Å². The van der Waals surface area contributed by atoms with Crippen LogP contribution in [0.4, 0.5) is 0 Å². The highest BCUT2D eigenvalue weighted by Crippen LogP contribution is 2.10. The number of nitrogens with zero attached hydrogens (tertiary/aromatic N) is 1. The zero-order valence-electron chi connectivity index (χ0n) is 8.17. The number of carboxylic acids is 1. The number of benzene rings is 1. The second-order valence-electron chi connectivity index (χ2n) is 2.69. The molecule has 0 aromatic heterocycles. The van der Waals surface area contributed by atoms with E-state index in [0.29, 0.717) is 6.61 Å². The molecular weight excluding hydrogens is 198 g/mol. The summed E-state index contributed by atoms with van der Waals surface area (Å²) in [7, 11) is 0. The zero-order chi connectivity index (χ0) is 11.3. The van der Waals surface area contributed by atoms with Crippen LogP contribution in [0.2, 0.25) is 0 Å². The van der Waals surface area contributed by atoms with Gasteiger partial charge in [0.15, 0.2) is 0 Å². The van der Waals surface area contributed by atoms with E-state index < -0.39 is 5.97 Å². The van der Waals surface area contributed by atoms with Gasteiger partial charge in [-0.05, 0) is 24.2 Å². The van der Waals surface area contributed by atoms with Crippen LogP contribution in [-0.4, -0.2) is 28.8 Å². The molecule has 5 heteroatoms. The molecular formula is C10H11NO4. The summed E-state index contributed by atoms with van der Waals surface area (Å²) < 4.78 is 5.00. The first-order chi connectivity index (χ1) is 7.20. The Hall–Kier alpha value is -2.04. The largest absolute Gasteiger partial charge is 0.478 e. The number of rotatable bonds is 3. The molecule has 0 fully saturated rings.